The van der Waals surface area contributed by atoms with Gasteiger partial charge < -0.3 is 19.0 Å². The van der Waals surface area contributed by atoms with Crippen molar-refractivity contribution in [2.75, 3.05) is 0 Å². The first-order valence-electron chi connectivity index (χ1n) is 9.65. The molecule has 0 aliphatic rings. The lowest BCUT2D eigenvalue weighted by Crippen LogP contribution is -2.23. The number of aromatic nitrogens is 2. The third kappa shape index (κ3) is 5.35. The number of nitrogens with zero attached hydrogens (tertiary/aromatic N) is 2. The van der Waals surface area contributed by atoms with Gasteiger partial charge in [-0.1, -0.05) is 47.6 Å². The molecule has 7 heteroatoms. The van der Waals surface area contributed by atoms with Crippen LogP contribution in [0.15, 0.2) is 81.9 Å². The summed E-state index contributed by atoms with van der Waals surface area (Å²) in [4.78, 5) is 16.3. The largest absolute Gasteiger partial charge is 0.489 e. The van der Waals surface area contributed by atoms with Crippen LogP contribution in [-0.4, -0.2) is 16.0 Å². The molecule has 4 rings (SSSR count). The Morgan fingerprint density at radius 1 is 0.967 bits per heavy atom. The molecule has 0 fully saturated rings. The van der Waals surface area contributed by atoms with Crippen molar-refractivity contribution in [1.82, 2.24) is 15.5 Å². The first-order chi connectivity index (χ1) is 14.8. The first kappa shape index (κ1) is 19.4. The van der Waals surface area contributed by atoms with Crippen LogP contribution in [0.25, 0.3) is 11.6 Å². The maximum Gasteiger partial charge on any atom is 0.238 e. The van der Waals surface area contributed by atoms with E-state index >= 15 is 0 Å². The summed E-state index contributed by atoms with van der Waals surface area (Å²) in [7, 11) is 0. The second-order valence-corrected chi connectivity index (χ2v) is 6.68. The molecule has 152 valence electrons. The average Bonchev–Trinajstić information content (AvgIpc) is 3.48. The molecular weight excluding hydrogens is 382 g/mol. The van der Waals surface area contributed by atoms with Crippen molar-refractivity contribution in [2.24, 2.45) is 0 Å². The number of ether oxygens (including phenoxy) is 1. The fraction of sp³-hybridized carbons (Fsp3) is 0.174. The number of hydrogen-bond acceptors (Lipinski definition) is 6. The van der Waals surface area contributed by atoms with E-state index in [0.29, 0.717) is 37.0 Å². The van der Waals surface area contributed by atoms with Crippen molar-refractivity contribution < 1.29 is 18.5 Å². The number of aryl methyl sites for hydroxylation is 1. The van der Waals surface area contributed by atoms with Crippen LogP contribution < -0.4 is 10.1 Å². The molecule has 0 aliphatic heterocycles. The minimum Gasteiger partial charge on any atom is -0.489 e. The molecule has 0 spiro atoms. The van der Waals surface area contributed by atoms with Crippen molar-refractivity contribution in [3.05, 3.63) is 90.0 Å². The smallest absolute Gasteiger partial charge is 0.238 e. The zero-order chi connectivity index (χ0) is 20.6. The predicted octanol–water partition coefficient (Wildman–Crippen LogP) is 4.16. The van der Waals surface area contributed by atoms with E-state index in [4.69, 9.17) is 13.7 Å². The van der Waals surface area contributed by atoms with Crippen molar-refractivity contribution in [3.8, 4) is 17.3 Å². The molecule has 2 aromatic heterocycles. The summed E-state index contributed by atoms with van der Waals surface area (Å²) in [5, 5.41) is 6.75. The normalized spacial score (nSPS) is 10.7. The highest BCUT2D eigenvalue weighted by Crippen LogP contribution is 2.16. The van der Waals surface area contributed by atoms with Gasteiger partial charge in [-0.3, -0.25) is 4.79 Å². The molecule has 2 heterocycles. The van der Waals surface area contributed by atoms with Crippen LogP contribution in [-0.2, 0) is 24.4 Å². The number of carbonyl (C=O) groups is 1. The quantitative estimate of drug-likeness (QED) is 0.451. The molecule has 1 amide bonds. The van der Waals surface area contributed by atoms with Gasteiger partial charge in [-0.2, -0.15) is 4.98 Å². The van der Waals surface area contributed by atoms with Gasteiger partial charge in [-0.25, -0.2) is 0 Å². The maximum absolute atomic E-state index is 12.1. The van der Waals surface area contributed by atoms with E-state index in [2.05, 4.69) is 15.5 Å². The van der Waals surface area contributed by atoms with Crippen molar-refractivity contribution in [2.45, 2.75) is 26.0 Å². The molecule has 0 atom stereocenters. The molecule has 0 bridgehead atoms. The molecule has 0 unspecified atom stereocenters. The maximum atomic E-state index is 12.1. The molecule has 7 nitrogen and oxygen atoms in total. The zero-order valence-electron chi connectivity index (χ0n) is 16.3. The third-order valence-corrected chi connectivity index (χ3v) is 4.44. The Labute approximate surface area is 173 Å². The van der Waals surface area contributed by atoms with E-state index in [0.717, 1.165) is 16.9 Å². The van der Waals surface area contributed by atoms with E-state index in [9.17, 15) is 4.79 Å². The molecule has 2 aromatic carbocycles. The summed E-state index contributed by atoms with van der Waals surface area (Å²) in [6.07, 6.45) is 2.18. The van der Waals surface area contributed by atoms with E-state index in [1.54, 1.807) is 18.4 Å². The van der Waals surface area contributed by atoms with Crippen molar-refractivity contribution in [1.29, 1.82) is 0 Å². The van der Waals surface area contributed by atoms with Crippen molar-refractivity contribution >= 4 is 5.91 Å². The number of carbonyl (C=O) groups excluding carboxylic acids is 1. The molecule has 0 saturated carbocycles. The van der Waals surface area contributed by atoms with Gasteiger partial charge in [0.05, 0.1) is 6.26 Å². The minimum absolute atomic E-state index is 0.0794. The van der Waals surface area contributed by atoms with Gasteiger partial charge in [0.1, 0.15) is 12.4 Å². The molecule has 0 aliphatic carbocycles. The summed E-state index contributed by atoms with van der Waals surface area (Å²) < 4.78 is 16.1. The Balaban J connectivity index is 1.19. The van der Waals surface area contributed by atoms with Gasteiger partial charge in [0.15, 0.2) is 5.76 Å². The lowest BCUT2D eigenvalue weighted by Gasteiger charge is -2.08. The number of amides is 1. The number of nitrogens with one attached hydrogen (secondary N) is 1. The second-order valence-electron chi connectivity index (χ2n) is 6.68. The number of rotatable bonds is 9. The Hall–Kier alpha value is -3.87. The highest BCUT2D eigenvalue weighted by Gasteiger charge is 2.12. The SMILES string of the molecule is O=C(CCc1nc(-c2ccco2)no1)NCc1ccc(COc2ccccc2)cc1. The lowest BCUT2D eigenvalue weighted by molar-refractivity contribution is -0.121. The molecule has 0 radical (unpaired) electrons. The van der Waals surface area contributed by atoms with Gasteiger partial charge in [-0.15, -0.1) is 0 Å². The molecular formula is C23H21N3O4. The highest BCUT2D eigenvalue weighted by molar-refractivity contribution is 5.76. The van der Waals surface area contributed by atoms with Crippen LogP contribution in [0, 0.1) is 0 Å². The first-order valence-corrected chi connectivity index (χ1v) is 9.65. The standard InChI is InChI=1S/C23H21N3O4/c27-21(12-13-22-25-23(26-30-22)20-7-4-14-28-20)24-15-17-8-10-18(11-9-17)16-29-19-5-2-1-3-6-19/h1-11,14H,12-13,15-16H2,(H,24,27). The Morgan fingerprint density at radius 2 is 1.77 bits per heavy atom. The summed E-state index contributed by atoms with van der Waals surface area (Å²) in [5.41, 5.74) is 2.09. The minimum atomic E-state index is -0.0794. The topological polar surface area (TPSA) is 90.4 Å². The summed E-state index contributed by atoms with van der Waals surface area (Å²) in [6.45, 7) is 0.959. The van der Waals surface area contributed by atoms with Gasteiger partial charge >= 0.3 is 0 Å². The second kappa shape index (κ2) is 9.56. The Morgan fingerprint density at radius 3 is 2.53 bits per heavy atom. The van der Waals surface area contributed by atoms with Gasteiger partial charge in [0, 0.05) is 19.4 Å². The Kier molecular flexibility index (Phi) is 6.19. The number of para-hydroxylation sites is 1. The highest BCUT2D eigenvalue weighted by atomic mass is 16.5. The van der Waals surface area contributed by atoms with E-state index in [1.165, 1.54) is 0 Å². The van der Waals surface area contributed by atoms with Gasteiger partial charge in [0.25, 0.3) is 0 Å². The van der Waals surface area contributed by atoms with Crippen molar-refractivity contribution in [3.63, 3.8) is 0 Å². The Bertz CT molecular complexity index is 1060. The number of hydrogen-bond donors (Lipinski definition) is 1. The van der Waals surface area contributed by atoms with Crippen LogP contribution in [0.5, 0.6) is 5.75 Å². The molecule has 0 saturated heterocycles. The van der Waals surface area contributed by atoms with E-state index < -0.39 is 0 Å². The van der Waals surface area contributed by atoms with Crippen LogP contribution >= 0.6 is 0 Å². The molecule has 30 heavy (non-hydrogen) atoms. The number of benzene rings is 2. The average molecular weight is 403 g/mol. The van der Waals surface area contributed by atoms with Crippen LogP contribution in [0.2, 0.25) is 0 Å². The molecule has 1 N–H and O–H groups in total. The van der Waals surface area contributed by atoms with Gasteiger partial charge in [-0.05, 0) is 35.4 Å². The summed E-state index contributed by atoms with van der Waals surface area (Å²) in [6, 6.07) is 21.2. The van der Waals surface area contributed by atoms with Crippen LogP contribution in [0.1, 0.15) is 23.4 Å². The summed E-state index contributed by atoms with van der Waals surface area (Å²) >= 11 is 0. The van der Waals surface area contributed by atoms with Crippen LogP contribution in [0.3, 0.4) is 0 Å². The van der Waals surface area contributed by atoms with E-state index in [-0.39, 0.29) is 12.3 Å². The predicted molar refractivity (Wildman–Crippen MR) is 109 cm³/mol. The zero-order valence-corrected chi connectivity index (χ0v) is 16.3. The number of furan rings is 1. The summed E-state index contributed by atoms with van der Waals surface area (Å²) in [5.74, 6) is 2.08. The van der Waals surface area contributed by atoms with Crippen LogP contribution in [0.4, 0.5) is 0 Å². The fourth-order valence-electron chi connectivity index (χ4n) is 2.81. The lowest BCUT2D eigenvalue weighted by atomic mass is 10.1. The monoisotopic (exact) mass is 403 g/mol. The third-order valence-electron chi connectivity index (χ3n) is 4.44. The fourth-order valence-corrected chi connectivity index (χ4v) is 2.81. The molecule has 4 aromatic rings. The van der Waals surface area contributed by atoms with E-state index in [1.807, 2.05) is 54.6 Å². The van der Waals surface area contributed by atoms with Gasteiger partial charge in [0.2, 0.25) is 17.6 Å².